The van der Waals surface area contributed by atoms with E-state index >= 15 is 0 Å². The van der Waals surface area contributed by atoms with Gasteiger partial charge in [0.15, 0.2) is 0 Å². The average Bonchev–Trinajstić information content (AvgIpc) is 2.94. The summed E-state index contributed by atoms with van der Waals surface area (Å²) in [6, 6.07) is 14.6. The molecule has 25 heavy (non-hydrogen) atoms. The van der Waals surface area contributed by atoms with Crippen LogP contribution in [0.3, 0.4) is 0 Å². The first-order valence-corrected chi connectivity index (χ1v) is 8.23. The lowest BCUT2D eigenvalue weighted by molar-refractivity contribution is 0.251. The lowest BCUT2D eigenvalue weighted by atomic mass is 10.2. The van der Waals surface area contributed by atoms with Crippen LogP contribution >= 0.6 is 11.6 Å². The molecule has 128 valence electrons. The second-order valence-corrected chi connectivity index (χ2v) is 6.15. The van der Waals surface area contributed by atoms with Gasteiger partial charge in [0, 0.05) is 16.3 Å². The van der Waals surface area contributed by atoms with E-state index in [1.807, 2.05) is 50.2 Å². The molecule has 0 fully saturated rings. The fraction of sp³-hybridized carbons (Fsp3) is 0.158. The van der Waals surface area contributed by atoms with Gasteiger partial charge in [0.05, 0.1) is 6.54 Å². The highest BCUT2D eigenvalue weighted by molar-refractivity contribution is 6.30. The van der Waals surface area contributed by atoms with Gasteiger partial charge in [-0.05, 0) is 49.7 Å². The second kappa shape index (κ2) is 7.40. The molecule has 5 nitrogen and oxygen atoms in total. The Morgan fingerprint density at radius 1 is 1.16 bits per heavy atom. The summed E-state index contributed by atoms with van der Waals surface area (Å²) in [6.45, 7) is 4.06. The van der Waals surface area contributed by atoms with E-state index < -0.39 is 0 Å². The van der Waals surface area contributed by atoms with Crippen LogP contribution in [0.15, 0.2) is 52.9 Å². The van der Waals surface area contributed by atoms with Crippen molar-refractivity contribution in [3.05, 3.63) is 70.6 Å². The number of hydrogen-bond donors (Lipinski definition) is 2. The summed E-state index contributed by atoms with van der Waals surface area (Å²) in [5.74, 6) is 1.14. The molecule has 0 unspecified atom stereocenters. The summed E-state index contributed by atoms with van der Waals surface area (Å²) < 4.78 is 5.68. The molecular formula is C19H18ClN3O2. The number of oxazole rings is 1. The number of carbonyl (C=O) groups is 1. The maximum atomic E-state index is 12.0. The van der Waals surface area contributed by atoms with Crippen LogP contribution < -0.4 is 10.6 Å². The zero-order valence-electron chi connectivity index (χ0n) is 14.0. The van der Waals surface area contributed by atoms with Crippen LogP contribution in [-0.4, -0.2) is 11.0 Å². The van der Waals surface area contributed by atoms with Gasteiger partial charge in [-0.1, -0.05) is 29.8 Å². The molecule has 0 aliphatic heterocycles. The van der Waals surface area contributed by atoms with E-state index in [1.165, 1.54) is 0 Å². The van der Waals surface area contributed by atoms with Crippen LogP contribution in [0.4, 0.5) is 10.5 Å². The van der Waals surface area contributed by atoms with E-state index in [-0.39, 0.29) is 12.6 Å². The fourth-order valence-electron chi connectivity index (χ4n) is 2.40. The van der Waals surface area contributed by atoms with Crippen molar-refractivity contribution in [3.63, 3.8) is 0 Å². The van der Waals surface area contributed by atoms with Crippen molar-refractivity contribution in [2.24, 2.45) is 0 Å². The molecule has 0 saturated carbocycles. The van der Waals surface area contributed by atoms with Crippen LogP contribution in [-0.2, 0) is 6.54 Å². The van der Waals surface area contributed by atoms with Crippen molar-refractivity contribution >= 4 is 23.3 Å². The molecule has 1 heterocycles. The molecule has 2 amide bonds. The van der Waals surface area contributed by atoms with Gasteiger partial charge in [-0.2, -0.15) is 0 Å². The number of anilines is 1. The third kappa shape index (κ3) is 4.39. The van der Waals surface area contributed by atoms with E-state index in [0.29, 0.717) is 22.4 Å². The highest BCUT2D eigenvalue weighted by Gasteiger charge is 2.12. The molecule has 2 N–H and O–H groups in total. The first-order valence-electron chi connectivity index (χ1n) is 7.85. The molecule has 0 bridgehead atoms. The number of nitrogens with zero attached hydrogens (tertiary/aromatic N) is 1. The summed E-state index contributed by atoms with van der Waals surface area (Å²) in [4.78, 5) is 16.5. The quantitative estimate of drug-likeness (QED) is 0.697. The number of hydrogen-bond acceptors (Lipinski definition) is 3. The Labute approximate surface area is 151 Å². The summed E-state index contributed by atoms with van der Waals surface area (Å²) in [5, 5.41) is 6.19. The van der Waals surface area contributed by atoms with Crippen molar-refractivity contribution in [2.75, 3.05) is 5.32 Å². The molecule has 0 spiro atoms. The molecule has 0 radical (unpaired) electrons. The van der Waals surface area contributed by atoms with Gasteiger partial charge in [0.2, 0.25) is 5.89 Å². The molecule has 3 rings (SSSR count). The number of halogens is 1. The first-order chi connectivity index (χ1) is 12.0. The number of aryl methyl sites for hydroxylation is 2. The highest BCUT2D eigenvalue weighted by Crippen LogP contribution is 2.24. The average molecular weight is 356 g/mol. The van der Waals surface area contributed by atoms with Gasteiger partial charge < -0.3 is 15.1 Å². The highest BCUT2D eigenvalue weighted by atomic mass is 35.5. The maximum Gasteiger partial charge on any atom is 0.319 e. The van der Waals surface area contributed by atoms with Gasteiger partial charge in [0.1, 0.15) is 11.5 Å². The monoisotopic (exact) mass is 355 g/mol. The summed E-state index contributed by atoms with van der Waals surface area (Å²) in [7, 11) is 0. The Hall–Kier alpha value is -2.79. The molecule has 0 atom stereocenters. The second-order valence-electron chi connectivity index (χ2n) is 5.71. The predicted molar refractivity (Wildman–Crippen MR) is 98.7 cm³/mol. The predicted octanol–water partition coefficient (Wildman–Crippen LogP) is 4.93. The van der Waals surface area contributed by atoms with Gasteiger partial charge >= 0.3 is 6.03 Å². The standard InChI is InChI=1S/C19H18ClN3O2/c1-12-5-3-8-16(9-12)22-19(24)21-11-17-13(2)25-18(23-17)14-6-4-7-15(20)10-14/h3-10H,11H2,1-2H3,(H2,21,22,24). The van der Waals surface area contributed by atoms with E-state index in [2.05, 4.69) is 15.6 Å². The smallest absolute Gasteiger partial charge is 0.319 e. The summed E-state index contributed by atoms with van der Waals surface area (Å²) in [5.41, 5.74) is 3.30. The van der Waals surface area contributed by atoms with Gasteiger partial charge in [-0.15, -0.1) is 0 Å². The minimum Gasteiger partial charge on any atom is -0.441 e. The first kappa shape index (κ1) is 17.0. The van der Waals surface area contributed by atoms with E-state index in [9.17, 15) is 4.79 Å². The maximum absolute atomic E-state index is 12.0. The van der Waals surface area contributed by atoms with Crippen molar-refractivity contribution in [1.82, 2.24) is 10.3 Å². The topological polar surface area (TPSA) is 67.2 Å². The van der Waals surface area contributed by atoms with Crippen LogP contribution in [0, 0.1) is 13.8 Å². The molecular weight excluding hydrogens is 338 g/mol. The number of amides is 2. The van der Waals surface area contributed by atoms with Crippen molar-refractivity contribution in [2.45, 2.75) is 20.4 Å². The SMILES string of the molecule is Cc1cccc(NC(=O)NCc2nc(-c3cccc(Cl)c3)oc2C)c1. The Bertz CT molecular complexity index is 905. The van der Waals surface area contributed by atoms with Crippen LogP contribution in [0.25, 0.3) is 11.5 Å². The summed E-state index contributed by atoms with van der Waals surface area (Å²) in [6.07, 6.45) is 0. The number of benzene rings is 2. The minimum atomic E-state index is -0.294. The normalized spacial score (nSPS) is 10.5. The van der Waals surface area contributed by atoms with E-state index in [4.69, 9.17) is 16.0 Å². The van der Waals surface area contributed by atoms with Crippen molar-refractivity contribution < 1.29 is 9.21 Å². The van der Waals surface area contributed by atoms with Crippen molar-refractivity contribution in [1.29, 1.82) is 0 Å². The fourth-order valence-corrected chi connectivity index (χ4v) is 2.59. The van der Waals surface area contributed by atoms with Gasteiger partial charge in [-0.25, -0.2) is 9.78 Å². The number of carbonyl (C=O) groups excluding carboxylic acids is 1. The largest absolute Gasteiger partial charge is 0.441 e. The molecule has 0 aliphatic rings. The van der Waals surface area contributed by atoms with Gasteiger partial charge in [0.25, 0.3) is 0 Å². The molecule has 3 aromatic rings. The molecule has 2 aromatic carbocycles. The number of nitrogens with one attached hydrogen (secondary N) is 2. The van der Waals surface area contributed by atoms with Crippen LogP contribution in [0.2, 0.25) is 5.02 Å². The molecule has 1 aromatic heterocycles. The third-order valence-corrected chi connectivity index (χ3v) is 3.89. The van der Waals surface area contributed by atoms with Gasteiger partial charge in [-0.3, -0.25) is 0 Å². The van der Waals surface area contributed by atoms with Crippen LogP contribution in [0.5, 0.6) is 0 Å². The molecule has 0 saturated heterocycles. The Balaban J connectivity index is 1.64. The Morgan fingerprint density at radius 3 is 2.72 bits per heavy atom. The van der Waals surface area contributed by atoms with Crippen molar-refractivity contribution in [3.8, 4) is 11.5 Å². The zero-order valence-corrected chi connectivity index (χ0v) is 14.7. The van der Waals surface area contributed by atoms with E-state index in [1.54, 1.807) is 12.1 Å². The van der Waals surface area contributed by atoms with E-state index in [0.717, 1.165) is 16.8 Å². The third-order valence-electron chi connectivity index (χ3n) is 3.66. The van der Waals surface area contributed by atoms with Crippen LogP contribution in [0.1, 0.15) is 17.0 Å². The summed E-state index contributed by atoms with van der Waals surface area (Å²) >= 11 is 6.00. The lowest BCUT2D eigenvalue weighted by Crippen LogP contribution is -2.28. The zero-order chi connectivity index (χ0) is 17.8. The lowest BCUT2D eigenvalue weighted by Gasteiger charge is -2.07. The number of rotatable bonds is 4. The molecule has 0 aliphatic carbocycles. The molecule has 6 heteroatoms. The number of aromatic nitrogens is 1. The number of urea groups is 1. The minimum absolute atomic E-state index is 0.271. The Kier molecular flexibility index (Phi) is 5.05. The Morgan fingerprint density at radius 2 is 1.96 bits per heavy atom.